The summed E-state index contributed by atoms with van der Waals surface area (Å²) in [6, 6.07) is 10.0. The number of H-pyrrole nitrogens is 1. The van der Waals surface area contributed by atoms with Crippen LogP contribution in [0.5, 0.6) is 5.75 Å². The van der Waals surface area contributed by atoms with Crippen LogP contribution < -0.4 is 4.74 Å². The largest absolute Gasteiger partial charge is 0.497 e. The summed E-state index contributed by atoms with van der Waals surface area (Å²) >= 11 is 0. The van der Waals surface area contributed by atoms with E-state index in [1.54, 1.807) is 11.8 Å². The number of nitrogens with one attached hydrogen (secondary N) is 1. The second-order valence-corrected chi connectivity index (χ2v) is 6.88. The molecule has 144 valence electrons. The van der Waals surface area contributed by atoms with Gasteiger partial charge in [0.25, 0.3) is 0 Å². The van der Waals surface area contributed by atoms with Gasteiger partial charge >= 0.3 is 0 Å². The first-order valence-corrected chi connectivity index (χ1v) is 9.19. The standard InChI is InChI=1S/C21H19N7O/c1-27-12-16(9-24-27)15-7-18-19(10-23-21(18)22-8-15)20-13-28(26-25-20)11-14-4-3-5-17(6-14)29-2/h3-10,12-13H,11H2,1-2H3,(H,22,23). The summed E-state index contributed by atoms with van der Waals surface area (Å²) in [5, 5.41) is 13.9. The van der Waals surface area contributed by atoms with Crippen molar-refractivity contribution in [1.29, 1.82) is 0 Å². The Morgan fingerprint density at radius 1 is 1.10 bits per heavy atom. The lowest BCUT2D eigenvalue weighted by Gasteiger charge is -2.03. The zero-order chi connectivity index (χ0) is 19.8. The molecule has 0 bridgehead atoms. The molecule has 4 aromatic heterocycles. The Balaban J connectivity index is 1.48. The van der Waals surface area contributed by atoms with Crippen molar-refractivity contribution in [2.24, 2.45) is 7.05 Å². The van der Waals surface area contributed by atoms with Crippen LogP contribution in [0, 0.1) is 0 Å². The van der Waals surface area contributed by atoms with Gasteiger partial charge in [-0.15, -0.1) is 5.10 Å². The third kappa shape index (κ3) is 3.25. The van der Waals surface area contributed by atoms with E-state index in [4.69, 9.17) is 4.74 Å². The minimum atomic E-state index is 0.617. The average Bonchev–Trinajstić information content (AvgIpc) is 3.47. The molecule has 0 unspecified atom stereocenters. The molecule has 1 aromatic carbocycles. The lowest BCUT2D eigenvalue weighted by Crippen LogP contribution is -2.00. The van der Waals surface area contributed by atoms with Gasteiger partial charge in [0.15, 0.2) is 0 Å². The first-order valence-electron chi connectivity index (χ1n) is 9.19. The predicted molar refractivity (Wildman–Crippen MR) is 109 cm³/mol. The highest BCUT2D eigenvalue weighted by Gasteiger charge is 2.13. The minimum Gasteiger partial charge on any atom is -0.497 e. The number of nitrogens with zero attached hydrogens (tertiary/aromatic N) is 6. The van der Waals surface area contributed by atoms with Crippen LogP contribution in [0.1, 0.15) is 5.56 Å². The highest BCUT2D eigenvalue weighted by atomic mass is 16.5. The fourth-order valence-corrected chi connectivity index (χ4v) is 3.40. The van der Waals surface area contributed by atoms with Crippen molar-refractivity contribution in [3.8, 4) is 28.1 Å². The number of aromatic nitrogens is 7. The van der Waals surface area contributed by atoms with Crippen molar-refractivity contribution >= 4 is 11.0 Å². The molecule has 8 nitrogen and oxygen atoms in total. The zero-order valence-corrected chi connectivity index (χ0v) is 16.1. The van der Waals surface area contributed by atoms with Crippen LogP contribution >= 0.6 is 0 Å². The Kier molecular flexibility index (Phi) is 4.09. The van der Waals surface area contributed by atoms with E-state index in [1.807, 2.05) is 67.0 Å². The maximum atomic E-state index is 5.29. The van der Waals surface area contributed by atoms with Gasteiger partial charge in [0.05, 0.1) is 26.0 Å². The van der Waals surface area contributed by atoms with Crippen LogP contribution in [0.25, 0.3) is 33.4 Å². The highest BCUT2D eigenvalue weighted by molar-refractivity contribution is 5.94. The molecule has 0 saturated carbocycles. The van der Waals surface area contributed by atoms with Gasteiger partial charge in [0.1, 0.15) is 17.1 Å². The summed E-state index contributed by atoms with van der Waals surface area (Å²) < 4.78 is 8.89. The van der Waals surface area contributed by atoms with Crippen LogP contribution in [0.3, 0.4) is 0 Å². The molecule has 8 heteroatoms. The van der Waals surface area contributed by atoms with E-state index in [1.165, 1.54) is 0 Å². The van der Waals surface area contributed by atoms with E-state index in [0.717, 1.165) is 44.7 Å². The van der Waals surface area contributed by atoms with Crippen molar-refractivity contribution in [2.75, 3.05) is 7.11 Å². The molecule has 0 fully saturated rings. The number of fused-ring (bicyclic) bond motifs is 1. The van der Waals surface area contributed by atoms with Gasteiger partial charge in [0.2, 0.25) is 0 Å². The normalized spacial score (nSPS) is 11.2. The quantitative estimate of drug-likeness (QED) is 0.502. The van der Waals surface area contributed by atoms with Crippen LogP contribution in [0.2, 0.25) is 0 Å². The van der Waals surface area contributed by atoms with Crippen molar-refractivity contribution in [1.82, 2.24) is 34.7 Å². The van der Waals surface area contributed by atoms with Crippen LogP contribution in [0.4, 0.5) is 0 Å². The van der Waals surface area contributed by atoms with Gasteiger partial charge in [-0.3, -0.25) is 4.68 Å². The molecule has 1 N–H and O–H groups in total. The van der Waals surface area contributed by atoms with E-state index >= 15 is 0 Å². The first kappa shape index (κ1) is 17.2. The highest BCUT2D eigenvalue weighted by Crippen LogP contribution is 2.29. The number of aromatic amines is 1. The molecule has 5 rings (SSSR count). The predicted octanol–water partition coefficient (Wildman–Crippen LogP) is 3.28. The number of hydrogen-bond donors (Lipinski definition) is 1. The number of rotatable bonds is 5. The molecule has 0 amide bonds. The minimum absolute atomic E-state index is 0.617. The number of pyridine rings is 1. The SMILES string of the molecule is COc1cccc(Cn2cc(-c3c[nH]c4ncc(-c5cnn(C)c5)cc34)nn2)c1. The van der Waals surface area contributed by atoms with E-state index < -0.39 is 0 Å². The van der Waals surface area contributed by atoms with Crippen molar-refractivity contribution in [2.45, 2.75) is 6.54 Å². The molecule has 0 spiro atoms. The van der Waals surface area contributed by atoms with Gasteiger partial charge in [-0.2, -0.15) is 5.10 Å². The summed E-state index contributed by atoms with van der Waals surface area (Å²) in [5.41, 5.74) is 5.71. The smallest absolute Gasteiger partial charge is 0.137 e. The Bertz CT molecular complexity index is 1300. The fourth-order valence-electron chi connectivity index (χ4n) is 3.40. The Labute approximate surface area is 166 Å². The van der Waals surface area contributed by atoms with E-state index in [0.29, 0.717) is 6.54 Å². The molecule has 4 heterocycles. The lowest BCUT2D eigenvalue weighted by molar-refractivity contribution is 0.414. The fraction of sp³-hybridized carbons (Fsp3) is 0.143. The number of aryl methyl sites for hydroxylation is 1. The molecule has 0 aliphatic heterocycles. The molecular weight excluding hydrogens is 366 g/mol. The molecule has 0 radical (unpaired) electrons. The third-order valence-electron chi connectivity index (χ3n) is 4.86. The van der Waals surface area contributed by atoms with Crippen LogP contribution in [-0.4, -0.2) is 41.9 Å². The summed E-state index contributed by atoms with van der Waals surface area (Å²) in [5.74, 6) is 0.827. The molecule has 5 aromatic rings. The second-order valence-electron chi connectivity index (χ2n) is 6.88. The van der Waals surface area contributed by atoms with Crippen LogP contribution in [0.15, 0.2) is 61.3 Å². The summed E-state index contributed by atoms with van der Waals surface area (Å²) in [6.07, 6.45) is 9.52. The third-order valence-corrected chi connectivity index (χ3v) is 4.86. The van der Waals surface area contributed by atoms with Crippen molar-refractivity contribution in [3.63, 3.8) is 0 Å². The molecule has 0 saturated heterocycles. The first-order chi connectivity index (χ1) is 14.2. The van der Waals surface area contributed by atoms with Gasteiger partial charge < -0.3 is 9.72 Å². The Morgan fingerprint density at radius 3 is 2.86 bits per heavy atom. The van der Waals surface area contributed by atoms with E-state index in [2.05, 4.69) is 31.4 Å². The van der Waals surface area contributed by atoms with Gasteiger partial charge in [-0.05, 0) is 23.8 Å². The number of ether oxygens (including phenoxy) is 1. The van der Waals surface area contributed by atoms with Gasteiger partial charge in [-0.25, -0.2) is 9.67 Å². The summed E-state index contributed by atoms with van der Waals surface area (Å²) in [6.45, 7) is 0.617. The topological polar surface area (TPSA) is 86.4 Å². The average molecular weight is 385 g/mol. The molecule has 0 atom stereocenters. The summed E-state index contributed by atoms with van der Waals surface area (Å²) in [7, 11) is 3.56. The van der Waals surface area contributed by atoms with Crippen molar-refractivity contribution < 1.29 is 4.74 Å². The lowest BCUT2D eigenvalue weighted by atomic mass is 10.1. The molecular formula is C21H19N7O. The van der Waals surface area contributed by atoms with Gasteiger partial charge in [-0.1, -0.05) is 17.3 Å². The molecule has 0 aliphatic rings. The maximum absolute atomic E-state index is 5.29. The Hall–Kier alpha value is -3.94. The van der Waals surface area contributed by atoms with E-state index in [-0.39, 0.29) is 0 Å². The van der Waals surface area contributed by atoms with E-state index in [9.17, 15) is 0 Å². The Morgan fingerprint density at radius 2 is 2.03 bits per heavy atom. The van der Waals surface area contributed by atoms with Crippen molar-refractivity contribution in [3.05, 3.63) is 66.9 Å². The molecule has 0 aliphatic carbocycles. The van der Waals surface area contributed by atoms with Crippen LogP contribution in [-0.2, 0) is 13.6 Å². The monoisotopic (exact) mass is 385 g/mol. The van der Waals surface area contributed by atoms with Gasteiger partial charge in [0, 0.05) is 47.7 Å². The number of methoxy groups -OCH3 is 1. The molecule has 29 heavy (non-hydrogen) atoms. The number of hydrogen-bond acceptors (Lipinski definition) is 5. The maximum Gasteiger partial charge on any atom is 0.137 e. The number of benzene rings is 1. The zero-order valence-electron chi connectivity index (χ0n) is 16.1. The second kappa shape index (κ2) is 6.90. The summed E-state index contributed by atoms with van der Waals surface area (Å²) in [4.78, 5) is 7.76.